The molecule has 1 heterocycles. The number of hydrogen-bond acceptors (Lipinski definition) is 6. The molecule has 0 bridgehead atoms. The van der Waals surface area contributed by atoms with Crippen LogP contribution < -0.4 is 15.6 Å². The Bertz CT molecular complexity index is 1070. The van der Waals surface area contributed by atoms with Crippen molar-refractivity contribution in [2.45, 2.75) is 37.1 Å². The Morgan fingerprint density at radius 3 is 2.44 bits per heavy atom. The first kappa shape index (κ1) is 23.3. The zero-order valence-corrected chi connectivity index (χ0v) is 19.4. The lowest BCUT2D eigenvalue weighted by Crippen LogP contribution is -2.43. The number of aromatic nitrogens is 3. The predicted molar refractivity (Wildman–Crippen MR) is 123 cm³/mol. The number of carbonyl (C=O) groups is 2. The second-order valence-corrected chi connectivity index (χ2v) is 9.19. The summed E-state index contributed by atoms with van der Waals surface area (Å²) in [6.45, 7) is 6.03. The monoisotopic (exact) mass is 453 g/mol. The quantitative estimate of drug-likeness (QED) is 0.421. The molecule has 1 aromatic heterocycles. The minimum atomic E-state index is -0.446. The van der Waals surface area contributed by atoms with Crippen molar-refractivity contribution >= 4 is 23.6 Å². The molecular weight excluding hydrogens is 426 g/mol. The zero-order valence-electron chi connectivity index (χ0n) is 18.6. The second-order valence-electron chi connectivity index (χ2n) is 8.25. The topological polar surface area (TPSA) is 98.1 Å². The predicted octanol–water partition coefficient (Wildman–Crippen LogP) is 3.24. The molecule has 3 aromatic rings. The molecule has 3 rings (SSSR count). The molecule has 2 amide bonds. The number of rotatable bonds is 7. The molecule has 2 N–H and O–H groups in total. The molecule has 168 valence electrons. The van der Waals surface area contributed by atoms with Gasteiger partial charge in [-0.05, 0) is 34.7 Å². The van der Waals surface area contributed by atoms with Crippen LogP contribution in [0, 0.1) is 0 Å². The molecule has 0 aliphatic carbocycles. The van der Waals surface area contributed by atoms with Gasteiger partial charge in [0.25, 0.3) is 11.8 Å². The van der Waals surface area contributed by atoms with Crippen LogP contribution in [-0.4, -0.2) is 33.2 Å². The summed E-state index contributed by atoms with van der Waals surface area (Å²) in [4.78, 5) is 24.4. The van der Waals surface area contributed by atoms with Gasteiger partial charge in [-0.15, -0.1) is 10.2 Å². The van der Waals surface area contributed by atoms with Crippen LogP contribution in [0.5, 0.6) is 5.75 Å². The van der Waals surface area contributed by atoms with Crippen molar-refractivity contribution in [1.82, 2.24) is 25.6 Å². The van der Waals surface area contributed by atoms with Gasteiger partial charge < -0.3 is 9.30 Å². The summed E-state index contributed by atoms with van der Waals surface area (Å²) in [5, 5.41) is 8.70. The number of ether oxygens (including phenoxy) is 1. The summed E-state index contributed by atoms with van der Waals surface area (Å²) < 4.78 is 7.52. The third-order valence-corrected chi connectivity index (χ3v) is 5.73. The van der Waals surface area contributed by atoms with Gasteiger partial charge in [0, 0.05) is 18.4 Å². The number of aryl methyl sites for hydroxylation is 1. The van der Waals surface area contributed by atoms with E-state index in [9.17, 15) is 9.59 Å². The number of hydrazine groups is 1. The van der Waals surface area contributed by atoms with Gasteiger partial charge in [-0.3, -0.25) is 20.4 Å². The number of benzene rings is 2. The Morgan fingerprint density at radius 1 is 1.06 bits per heavy atom. The largest absolute Gasteiger partial charge is 0.483 e. The number of thioether (sulfide) groups is 1. The Morgan fingerprint density at radius 2 is 1.78 bits per heavy atom. The maximum Gasteiger partial charge on any atom is 0.276 e. The van der Waals surface area contributed by atoms with Crippen LogP contribution in [0.4, 0.5) is 0 Å². The normalized spacial score (nSPS) is 11.1. The second kappa shape index (κ2) is 10.3. The zero-order chi connectivity index (χ0) is 23.1. The van der Waals surface area contributed by atoms with Gasteiger partial charge in [-0.25, -0.2) is 0 Å². The molecular formula is C23H27N5O3S. The van der Waals surface area contributed by atoms with Crippen LogP contribution >= 0.6 is 11.8 Å². The van der Waals surface area contributed by atoms with Crippen LogP contribution in [0.25, 0.3) is 0 Å². The first-order valence-corrected chi connectivity index (χ1v) is 11.1. The van der Waals surface area contributed by atoms with Gasteiger partial charge in [0.05, 0.1) is 0 Å². The highest BCUT2D eigenvalue weighted by Gasteiger charge is 2.19. The number of nitrogens with one attached hydrogen (secondary N) is 2. The van der Waals surface area contributed by atoms with Crippen LogP contribution in [0.1, 0.15) is 42.3 Å². The van der Waals surface area contributed by atoms with Crippen LogP contribution in [0.2, 0.25) is 0 Å². The molecule has 9 heteroatoms. The van der Waals surface area contributed by atoms with E-state index in [1.807, 2.05) is 48.0 Å². The van der Waals surface area contributed by atoms with E-state index in [0.29, 0.717) is 17.1 Å². The number of carbonyl (C=O) groups excluding carboxylic acids is 2. The highest BCUT2D eigenvalue weighted by atomic mass is 32.2. The third kappa shape index (κ3) is 6.34. The first-order valence-electron chi connectivity index (χ1n) is 10.1. The van der Waals surface area contributed by atoms with Crippen molar-refractivity contribution in [3.8, 4) is 5.75 Å². The highest BCUT2D eigenvalue weighted by Crippen LogP contribution is 2.30. The molecule has 8 nitrogen and oxygen atoms in total. The van der Waals surface area contributed by atoms with Crippen molar-refractivity contribution in [3.05, 3.63) is 71.5 Å². The lowest BCUT2D eigenvalue weighted by molar-refractivity contribution is -0.123. The Kier molecular flexibility index (Phi) is 7.53. The summed E-state index contributed by atoms with van der Waals surface area (Å²) in [5.41, 5.74) is 7.19. The number of para-hydroxylation sites is 1. The van der Waals surface area contributed by atoms with E-state index >= 15 is 0 Å². The fourth-order valence-electron chi connectivity index (χ4n) is 2.89. The maximum absolute atomic E-state index is 12.3. The average Bonchev–Trinajstić information content (AvgIpc) is 3.19. The molecule has 0 atom stereocenters. The van der Waals surface area contributed by atoms with E-state index in [2.05, 4.69) is 41.8 Å². The minimum absolute atomic E-state index is 0.111. The van der Waals surface area contributed by atoms with E-state index in [0.717, 1.165) is 16.3 Å². The maximum atomic E-state index is 12.3. The van der Waals surface area contributed by atoms with Gasteiger partial charge >= 0.3 is 0 Å². The number of hydrogen-bond donors (Lipinski definition) is 2. The first-order chi connectivity index (χ1) is 15.2. The van der Waals surface area contributed by atoms with Gasteiger partial charge in [-0.2, -0.15) is 0 Å². The van der Waals surface area contributed by atoms with Gasteiger partial charge in [0.1, 0.15) is 12.1 Å². The molecule has 0 spiro atoms. The van der Waals surface area contributed by atoms with Crippen molar-refractivity contribution in [3.63, 3.8) is 0 Å². The van der Waals surface area contributed by atoms with E-state index in [-0.39, 0.29) is 12.0 Å². The molecule has 0 unspecified atom stereocenters. The van der Waals surface area contributed by atoms with Gasteiger partial charge in [0.15, 0.2) is 11.8 Å². The lowest BCUT2D eigenvalue weighted by Gasteiger charge is -2.22. The summed E-state index contributed by atoms with van der Waals surface area (Å²) in [7, 11) is 1.89. The molecule has 0 saturated carbocycles. The fourth-order valence-corrected chi connectivity index (χ4v) is 3.74. The summed E-state index contributed by atoms with van der Waals surface area (Å²) >= 11 is 1.56. The van der Waals surface area contributed by atoms with Crippen LogP contribution in [-0.2, 0) is 23.0 Å². The third-order valence-electron chi connectivity index (χ3n) is 4.62. The van der Waals surface area contributed by atoms with Crippen LogP contribution in [0.15, 0.2) is 60.0 Å². The fraction of sp³-hybridized carbons (Fsp3) is 0.304. The SMILES string of the molecule is Cn1cnnc1SCc1ccc(C(=O)NNC(=O)COc2ccccc2C(C)(C)C)cc1. The Labute approximate surface area is 191 Å². The summed E-state index contributed by atoms with van der Waals surface area (Å²) in [5.74, 6) is 0.509. The van der Waals surface area contributed by atoms with E-state index < -0.39 is 11.8 Å². The number of amides is 2. The number of nitrogens with zero attached hydrogens (tertiary/aromatic N) is 3. The smallest absolute Gasteiger partial charge is 0.276 e. The van der Waals surface area contributed by atoms with Crippen molar-refractivity contribution < 1.29 is 14.3 Å². The molecule has 32 heavy (non-hydrogen) atoms. The highest BCUT2D eigenvalue weighted by molar-refractivity contribution is 7.98. The van der Waals surface area contributed by atoms with Gasteiger partial charge in [-0.1, -0.05) is 62.9 Å². The molecule has 0 saturated heterocycles. The minimum Gasteiger partial charge on any atom is -0.483 e. The van der Waals surface area contributed by atoms with E-state index in [4.69, 9.17) is 4.74 Å². The van der Waals surface area contributed by atoms with E-state index in [1.165, 1.54) is 0 Å². The lowest BCUT2D eigenvalue weighted by atomic mass is 9.86. The average molecular weight is 454 g/mol. The molecule has 0 aliphatic heterocycles. The molecule has 2 aromatic carbocycles. The van der Waals surface area contributed by atoms with E-state index in [1.54, 1.807) is 30.2 Å². The molecule has 0 aliphatic rings. The Hall–Kier alpha value is -3.33. The van der Waals surface area contributed by atoms with Crippen molar-refractivity contribution in [1.29, 1.82) is 0 Å². The van der Waals surface area contributed by atoms with Crippen LogP contribution in [0.3, 0.4) is 0 Å². The van der Waals surface area contributed by atoms with Gasteiger partial charge in [0.2, 0.25) is 0 Å². The Balaban J connectivity index is 1.46. The van der Waals surface area contributed by atoms with Crippen molar-refractivity contribution in [2.75, 3.05) is 6.61 Å². The molecule has 0 radical (unpaired) electrons. The summed E-state index contributed by atoms with van der Waals surface area (Å²) in [6, 6.07) is 14.8. The standard InChI is InChI=1S/C23H27N5O3S/c1-23(2,3)18-7-5-6-8-19(18)31-13-20(29)25-26-21(30)17-11-9-16(10-12-17)14-32-22-27-24-15-28(22)4/h5-12,15H,13-14H2,1-4H3,(H,25,29)(H,26,30). The molecule has 0 fully saturated rings. The summed E-state index contributed by atoms with van der Waals surface area (Å²) in [6.07, 6.45) is 1.65. The van der Waals surface area contributed by atoms with Crippen molar-refractivity contribution in [2.24, 2.45) is 7.05 Å².